The van der Waals surface area contributed by atoms with E-state index in [0.29, 0.717) is 25.2 Å². The zero-order valence-corrected chi connectivity index (χ0v) is 13.0. The van der Waals surface area contributed by atoms with Gasteiger partial charge in [0.15, 0.2) is 11.5 Å². The van der Waals surface area contributed by atoms with Crippen molar-refractivity contribution in [2.45, 2.75) is 19.4 Å². The van der Waals surface area contributed by atoms with Gasteiger partial charge >= 0.3 is 5.97 Å². The Labute approximate surface area is 131 Å². The molecule has 0 amide bonds. The number of carbonyl (C=O) groups is 1. The molecule has 2 rings (SSSR count). The lowest BCUT2D eigenvalue weighted by Crippen LogP contribution is -2.35. The van der Waals surface area contributed by atoms with Crippen LogP contribution in [0.1, 0.15) is 18.4 Å². The van der Waals surface area contributed by atoms with Gasteiger partial charge in [-0.3, -0.25) is 9.69 Å². The van der Waals surface area contributed by atoms with Gasteiger partial charge < -0.3 is 14.6 Å². The molecule has 120 valence electrons. The molecule has 5 nitrogen and oxygen atoms in total. The highest BCUT2D eigenvalue weighted by Crippen LogP contribution is 2.32. The number of methoxy groups -OCH3 is 1. The minimum absolute atomic E-state index is 0.210. The summed E-state index contributed by atoms with van der Waals surface area (Å²) in [6, 6.07) is 5.84. The van der Waals surface area contributed by atoms with Gasteiger partial charge in [0.25, 0.3) is 0 Å². The summed E-state index contributed by atoms with van der Waals surface area (Å²) in [5.41, 5.74) is 1.05. The maximum absolute atomic E-state index is 11.0. The third-order valence-corrected chi connectivity index (χ3v) is 3.96. The topological polar surface area (TPSA) is 59.0 Å². The van der Waals surface area contributed by atoms with E-state index in [1.165, 1.54) is 0 Å². The molecule has 1 aliphatic heterocycles. The average Bonchev–Trinajstić information content (AvgIpc) is 2.54. The summed E-state index contributed by atoms with van der Waals surface area (Å²) < 4.78 is 11.1. The number of ether oxygens (including phenoxy) is 2. The molecular weight excluding hydrogens is 282 g/mol. The minimum Gasteiger partial charge on any atom is -0.493 e. The predicted molar refractivity (Wildman–Crippen MR) is 84.3 cm³/mol. The maximum atomic E-state index is 11.0. The molecule has 1 heterocycles. The van der Waals surface area contributed by atoms with Gasteiger partial charge in [0, 0.05) is 12.1 Å². The van der Waals surface area contributed by atoms with E-state index in [0.717, 1.165) is 30.9 Å². The second-order valence-electron chi connectivity index (χ2n) is 5.44. The molecule has 0 aliphatic carbocycles. The zero-order chi connectivity index (χ0) is 15.9. The van der Waals surface area contributed by atoms with Crippen LogP contribution >= 0.6 is 0 Å². The number of carboxylic acids is 1. The van der Waals surface area contributed by atoms with Crippen molar-refractivity contribution in [3.8, 4) is 11.5 Å². The number of para-hydroxylation sites is 1. The number of likely N-dealkylation sites (tertiary alicyclic amines) is 1. The van der Waals surface area contributed by atoms with Gasteiger partial charge in [0.05, 0.1) is 13.0 Å². The zero-order valence-electron chi connectivity index (χ0n) is 13.0. The molecule has 0 unspecified atom stereocenters. The third-order valence-electron chi connectivity index (χ3n) is 3.96. The van der Waals surface area contributed by atoms with Gasteiger partial charge in [-0.2, -0.15) is 0 Å². The number of hydrogen-bond donors (Lipinski definition) is 1. The van der Waals surface area contributed by atoms with Crippen LogP contribution in [0.3, 0.4) is 0 Å². The van der Waals surface area contributed by atoms with Crippen molar-refractivity contribution in [2.75, 3.05) is 26.8 Å². The molecule has 22 heavy (non-hydrogen) atoms. The van der Waals surface area contributed by atoms with Crippen molar-refractivity contribution in [1.82, 2.24) is 4.90 Å². The summed E-state index contributed by atoms with van der Waals surface area (Å²) >= 11 is 0. The predicted octanol–water partition coefficient (Wildman–Crippen LogP) is 2.56. The van der Waals surface area contributed by atoms with Crippen molar-refractivity contribution in [3.05, 3.63) is 36.4 Å². The first-order chi connectivity index (χ1) is 10.7. The van der Waals surface area contributed by atoms with E-state index >= 15 is 0 Å². The summed E-state index contributed by atoms with van der Waals surface area (Å²) in [7, 11) is 1.62. The van der Waals surface area contributed by atoms with E-state index < -0.39 is 5.97 Å². The van der Waals surface area contributed by atoms with Crippen molar-refractivity contribution in [2.24, 2.45) is 5.92 Å². The molecular formula is C17H23NO4. The van der Waals surface area contributed by atoms with Crippen LogP contribution in [0, 0.1) is 5.92 Å². The SMILES string of the molecule is C=CCOc1c(CN2CCC(C(=O)O)CC2)cccc1OC. The second kappa shape index (κ2) is 7.84. The molecule has 1 fully saturated rings. The Morgan fingerprint density at radius 3 is 2.77 bits per heavy atom. The van der Waals surface area contributed by atoms with E-state index in [-0.39, 0.29) is 5.92 Å². The van der Waals surface area contributed by atoms with Gasteiger partial charge in [0.1, 0.15) is 6.61 Å². The third kappa shape index (κ3) is 4.01. The molecule has 0 radical (unpaired) electrons. The number of aliphatic carboxylic acids is 1. The fourth-order valence-electron chi connectivity index (χ4n) is 2.73. The molecule has 1 saturated heterocycles. The average molecular weight is 305 g/mol. The van der Waals surface area contributed by atoms with Crippen LogP contribution < -0.4 is 9.47 Å². The lowest BCUT2D eigenvalue weighted by Gasteiger charge is -2.30. The van der Waals surface area contributed by atoms with Crippen molar-refractivity contribution in [1.29, 1.82) is 0 Å². The first kappa shape index (κ1) is 16.4. The highest BCUT2D eigenvalue weighted by Gasteiger charge is 2.25. The number of nitrogens with zero attached hydrogens (tertiary/aromatic N) is 1. The van der Waals surface area contributed by atoms with E-state index in [2.05, 4.69) is 11.5 Å². The smallest absolute Gasteiger partial charge is 0.306 e. The Morgan fingerprint density at radius 1 is 1.45 bits per heavy atom. The Kier molecular flexibility index (Phi) is 5.83. The molecule has 1 aromatic carbocycles. The molecule has 5 heteroatoms. The summed E-state index contributed by atoms with van der Waals surface area (Å²) in [6.07, 6.45) is 3.10. The normalized spacial score (nSPS) is 16.2. The quantitative estimate of drug-likeness (QED) is 0.785. The molecule has 0 atom stereocenters. The first-order valence-electron chi connectivity index (χ1n) is 7.50. The van der Waals surface area contributed by atoms with E-state index in [4.69, 9.17) is 14.6 Å². The van der Waals surface area contributed by atoms with Gasteiger partial charge in [-0.15, -0.1) is 0 Å². The Hall–Kier alpha value is -2.01. The monoisotopic (exact) mass is 305 g/mol. The first-order valence-corrected chi connectivity index (χ1v) is 7.50. The Morgan fingerprint density at radius 2 is 2.18 bits per heavy atom. The Bertz CT molecular complexity index is 521. The van der Waals surface area contributed by atoms with Crippen LogP contribution in [0.15, 0.2) is 30.9 Å². The molecule has 0 aromatic heterocycles. The van der Waals surface area contributed by atoms with E-state index in [1.54, 1.807) is 13.2 Å². The van der Waals surface area contributed by atoms with Crippen LogP contribution in [0.2, 0.25) is 0 Å². The van der Waals surface area contributed by atoms with Gasteiger partial charge in [-0.1, -0.05) is 24.8 Å². The van der Waals surface area contributed by atoms with Gasteiger partial charge in [-0.05, 0) is 32.0 Å². The number of benzene rings is 1. The lowest BCUT2D eigenvalue weighted by molar-refractivity contribution is -0.143. The lowest BCUT2D eigenvalue weighted by atomic mass is 9.97. The number of hydrogen-bond acceptors (Lipinski definition) is 4. The van der Waals surface area contributed by atoms with Crippen LogP contribution in [-0.2, 0) is 11.3 Å². The standard InChI is InChI=1S/C17H23NO4/c1-3-11-22-16-14(5-4-6-15(16)21-2)12-18-9-7-13(8-10-18)17(19)20/h3-6,13H,1,7-12H2,2H3,(H,19,20). The van der Waals surface area contributed by atoms with Crippen molar-refractivity contribution >= 4 is 5.97 Å². The number of piperidine rings is 1. The molecule has 0 spiro atoms. The fraction of sp³-hybridized carbons (Fsp3) is 0.471. The van der Waals surface area contributed by atoms with E-state index in [1.807, 2.05) is 18.2 Å². The Balaban J connectivity index is 2.06. The van der Waals surface area contributed by atoms with Gasteiger partial charge in [-0.25, -0.2) is 0 Å². The van der Waals surface area contributed by atoms with Crippen LogP contribution in [0.5, 0.6) is 11.5 Å². The highest BCUT2D eigenvalue weighted by molar-refractivity contribution is 5.70. The van der Waals surface area contributed by atoms with Crippen LogP contribution in [-0.4, -0.2) is 42.8 Å². The molecule has 1 aliphatic rings. The van der Waals surface area contributed by atoms with Crippen LogP contribution in [0.25, 0.3) is 0 Å². The maximum Gasteiger partial charge on any atom is 0.306 e. The van der Waals surface area contributed by atoms with Crippen molar-refractivity contribution < 1.29 is 19.4 Å². The summed E-state index contributed by atoms with van der Waals surface area (Å²) in [5.74, 6) is 0.555. The largest absolute Gasteiger partial charge is 0.493 e. The molecule has 0 bridgehead atoms. The minimum atomic E-state index is -0.684. The molecule has 1 aromatic rings. The van der Waals surface area contributed by atoms with E-state index in [9.17, 15) is 4.79 Å². The second-order valence-corrected chi connectivity index (χ2v) is 5.44. The van der Waals surface area contributed by atoms with Gasteiger partial charge in [0.2, 0.25) is 0 Å². The summed E-state index contributed by atoms with van der Waals surface area (Å²) in [6.45, 7) is 6.40. The number of carboxylic acid groups (broad SMARTS) is 1. The fourth-order valence-corrected chi connectivity index (χ4v) is 2.73. The summed E-state index contributed by atoms with van der Waals surface area (Å²) in [4.78, 5) is 13.3. The summed E-state index contributed by atoms with van der Waals surface area (Å²) in [5, 5.41) is 9.06. The van der Waals surface area contributed by atoms with Crippen LogP contribution in [0.4, 0.5) is 0 Å². The van der Waals surface area contributed by atoms with Crippen molar-refractivity contribution in [3.63, 3.8) is 0 Å². The number of rotatable bonds is 7. The highest BCUT2D eigenvalue weighted by atomic mass is 16.5. The molecule has 1 N–H and O–H groups in total. The molecule has 0 saturated carbocycles.